The van der Waals surface area contributed by atoms with Gasteiger partial charge >= 0.3 is 0 Å². The van der Waals surface area contributed by atoms with E-state index in [1.807, 2.05) is 0 Å². The van der Waals surface area contributed by atoms with Crippen molar-refractivity contribution in [2.75, 3.05) is 24.6 Å². The first-order valence-corrected chi connectivity index (χ1v) is 9.82. The van der Waals surface area contributed by atoms with Crippen LogP contribution in [0.25, 0.3) is 4.96 Å². The van der Waals surface area contributed by atoms with Gasteiger partial charge in [-0.25, -0.2) is 4.98 Å². The quantitative estimate of drug-likeness (QED) is 0.850. The number of rotatable bonds is 4. The van der Waals surface area contributed by atoms with Crippen LogP contribution in [0.2, 0.25) is 0 Å². The number of hydrogen-bond acceptors (Lipinski definition) is 6. The predicted octanol–water partition coefficient (Wildman–Crippen LogP) is 2.50. The van der Waals surface area contributed by atoms with Gasteiger partial charge in [-0.05, 0) is 38.0 Å². The van der Waals surface area contributed by atoms with Crippen molar-refractivity contribution < 1.29 is 4.74 Å². The Morgan fingerprint density at radius 3 is 2.88 bits per heavy atom. The van der Waals surface area contributed by atoms with Crippen LogP contribution in [0.5, 0.6) is 0 Å². The molecule has 0 saturated carbocycles. The summed E-state index contributed by atoms with van der Waals surface area (Å²) in [5, 5.41) is 5.43. The smallest absolute Gasteiger partial charge is 0.275 e. The first-order chi connectivity index (χ1) is 11.7. The Bertz CT molecular complexity index is 758. The van der Waals surface area contributed by atoms with Crippen molar-refractivity contribution in [3.63, 3.8) is 0 Å². The maximum absolute atomic E-state index is 12.2. The zero-order chi connectivity index (χ0) is 16.5. The zero-order valence-corrected chi connectivity index (χ0v) is 14.9. The minimum Gasteiger partial charge on any atom is -0.378 e. The maximum Gasteiger partial charge on any atom is 0.275 e. The summed E-state index contributed by atoms with van der Waals surface area (Å²) in [6.07, 6.45) is 7.00. The standard InChI is InChI=1S/C17H24N4O2S/c1-2-4-13-11-15(22)21-16(18-13)24-17(19-21)20-8-6-12(7-9-20)14-5-3-10-23-14/h11-12,14H,2-10H2,1H3. The van der Waals surface area contributed by atoms with Gasteiger partial charge in [0.1, 0.15) is 0 Å². The van der Waals surface area contributed by atoms with Gasteiger partial charge in [0.05, 0.1) is 6.10 Å². The number of aryl methyl sites for hydroxylation is 1. The van der Waals surface area contributed by atoms with Gasteiger partial charge in [0.15, 0.2) is 0 Å². The second-order valence-corrected chi connectivity index (χ2v) is 7.73. The molecule has 0 bridgehead atoms. The third-order valence-electron chi connectivity index (χ3n) is 5.09. The lowest BCUT2D eigenvalue weighted by Gasteiger charge is -2.33. The summed E-state index contributed by atoms with van der Waals surface area (Å²) in [6.45, 7) is 5.00. The minimum atomic E-state index is -0.0693. The van der Waals surface area contributed by atoms with Crippen LogP contribution in [-0.4, -0.2) is 40.4 Å². The van der Waals surface area contributed by atoms with E-state index < -0.39 is 0 Å². The SMILES string of the molecule is CCCc1cc(=O)n2nc(N3CCC(C4CCCO4)CC3)sc2n1. The van der Waals surface area contributed by atoms with Crippen LogP contribution >= 0.6 is 11.3 Å². The number of hydrogen-bond donors (Lipinski definition) is 0. The van der Waals surface area contributed by atoms with Gasteiger partial charge in [-0.15, -0.1) is 5.10 Å². The zero-order valence-electron chi connectivity index (χ0n) is 14.1. The summed E-state index contributed by atoms with van der Waals surface area (Å²) >= 11 is 1.53. The second kappa shape index (κ2) is 6.80. The van der Waals surface area contributed by atoms with Crippen LogP contribution in [-0.2, 0) is 11.2 Å². The predicted molar refractivity (Wildman–Crippen MR) is 95.0 cm³/mol. The molecule has 4 rings (SSSR count). The molecule has 0 spiro atoms. The summed E-state index contributed by atoms with van der Waals surface area (Å²) in [7, 11) is 0. The molecule has 1 atom stereocenters. The van der Waals surface area contributed by atoms with E-state index >= 15 is 0 Å². The lowest BCUT2D eigenvalue weighted by Crippen LogP contribution is -2.37. The summed E-state index contributed by atoms with van der Waals surface area (Å²) in [6, 6.07) is 1.61. The molecule has 6 nitrogen and oxygen atoms in total. The van der Waals surface area contributed by atoms with Gasteiger partial charge in [0.25, 0.3) is 5.56 Å². The molecule has 2 aromatic heterocycles. The fourth-order valence-electron chi connectivity index (χ4n) is 3.80. The molecule has 4 heterocycles. The van der Waals surface area contributed by atoms with Crippen molar-refractivity contribution >= 4 is 21.4 Å². The van der Waals surface area contributed by atoms with Crippen LogP contribution < -0.4 is 10.5 Å². The normalized spacial score (nSPS) is 22.5. The lowest BCUT2D eigenvalue weighted by atomic mass is 9.90. The van der Waals surface area contributed by atoms with Crippen molar-refractivity contribution in [3.05, 3.63) is 22.1 Å². The second-order valence-electron chi connectivity index (χ2n) is 6.79. The van der Waals surface area contributed by atoms with Gasteiger partial charge in [-0.1, -0.05) is 24.7 Å². The number of aromatic nitrogens is 3. The molecule has 7 heteroatoms. The van der Waals surface area contributed by atoms with Crippen LogP contribution in [0.15, 0.2) is 10.9 Å². The highest BCUT2D eigenvalue weighted by Gasteiger charge is 2.30. The van der Waals surface area contributed by atoms with Gasteiger partial charge in [0.2, 0.25) is 10.1 Å². The average molecular weight is 348 g/mol. The first kappa shape index (κ1) is 16.0. The van der Waals surface area contributed by atoms with Gasteiger partial charge in [-0.2, -0.15) is 4.52 Å². The summed E-state index contributed by atoms with van der Waals surface area (Å²) in [5.74, 6) is 0.676. The van der Waals surface area contributed by atoms with Crippen LogP contribution in [0, 0.1) is 5.92 Å². The third-order valence-corrected chi connectivity index (χ3v) is 6.06. The largest absolute Gasteiger partial charge is 0.378 e. The molecular weight excluding hydrogens is 324 g/mol. The summed E-state index contributed by atoms with van der Waals surface area (Å²) in [5.41, 5.74) is 0.801. The first-order valence-electron chi connectivity index (χ1n) is 9.01. The molecule has 0 aromatic carbocycles. The van der Waals surface area contributed by atoms with Crippen molar-refractivity contribution in [3.8, 4) is 0 Å². The van der Waals surface area contributed by atoms with Crippen LogP contribution in [0.1, 0.15) is 44.7 Å². The lowest BCUT2D eigenvalue weighted by molar-refractivity contribution is 0.0531. The molecule has 1 unspecified atom stereocenters. The molecule has 0 aliphatic carbocycles. The van der Waals surface area contributed by atoms with Crippen LogP contribution in [0.3, 0.4) is 0 Å². The Labute approximate surface area is 145 Å². The molecule has 0 amide bonds. The minimum absolute atomic E-state index is 0.0693. The van der Waals surface area contributed by atoms with Gasteiger partial charge in [-0.3, -0.25) is 4.79 Å². The molecular formula is C17H24N4O2S. The Hall–Kier alpha value is -1.47. The van der Waals surface area contributed by atoms with E-state index in [9.17, 15) is 4.79 Å². The molecule has 130 valence electrons. The molecule has 2 aliphatic rings. The fourth-order valence-corrected chi connectivity index (χ4v) is 4.77. The number of anilines is 1. The van der Waals surface area contributed by atoms with Crippen LogP contribution in [0.4, 0.5) is 5.13 Å². The van der Waals surface area contributed by atoms with Gasteiger partial charge < -0.3 is 9.64 Å². The van der Waals surface area contributed by atoms with Gasteiger partial charge in [0, 0.05) is 31.5 Å². The van der Waals surface area contributed by atoms with E-state index in [0.29, 0.717) is 17.0 Å². The van der Waals surface area contributed by atoms with E-state index in [2.05, 4.69) is 21.9 Å². The molecule has 2 fully saturated rings. The number of fused-ring (bicyclic) bond motifs is 1. The highest BCUT2D eigenvalue weighted by Crippen LogP contribution is 2.32. The summed E-state index contributed by atoms with van der Waals surface area (Å²) < 4.78 is 7.30. The fraction of sp³-hybridized carbons (Fsp3) is 0.706. The van der Waals surface area contributed by atoms with Crippen molar-refractivity contribution in [1.29, 1.82) is 0 Å². The van der Waals surface area contributed by atoms with E-state index in [1.54, 1.807) is 6.07 Å². The van der Waals surface area contributed by atoms with E-state index in [0.717, 1.165) is 56.2 Å². The van der Waals surface area contributed by atoms with E-state index in [-0.39, 0.29) is 5.56 Å². The summed E-state index contributed by atoms with van der Waals surface area (Å²) in [4.78, 5) is 19.8. The van der Waals surface area contributed by atoms with Crippen molar-refractivity contribution in [1.82, 2.24) is 14.6 Å². The Morgan fingerprint density at radius 1 is 1.33 bits per heavy atom. The van der Waals surface area contributed by atoms with Crippen molar-refractivity contribution in [2.45, 2.75) is 51.6 Å². The molecule has 0 N–H and O–H groups in total. The monoisotopic (exact) mass is 348 g/mol. The molecule has 0 radical (unpaired) electrons. The maximum atomic E-state index is 12.2. The Kier molecular flexibility index (Phi) is 4.54. The number of nitrogens with zero attached hydrogens (tertiary/aromatic N) is 4. The third kappa shape index (κ3) is 3.07. The van der Waals surface area contributed by atoms with Crippen molar-refractivity contribution in [2.24, 2.45) is 5.92 Å². The number of ether oxygens (including phenoxy) is 1. The highest BCUT2D eigenvalue weighted by atomic mass is 32.1. The Balaban J connectivity index is 1.50. The van der Waals surface area contributed by atoms with E-state index in [4.69, 9.17) is 4.74 Å². The highest BCUT2D eigenvalue weighted by molar-refractivity contribution is 7.20. The molecule has 2 aliphatic heterocycles. The topological polar surface area (TPSA) is 59.7 Å². The number of piperidine rings is 1. The average Bonchev–Trinajstić information content (AvgIpc) is 3.25. The molecule has 2 aromatic rings. The molecule has 24 heavy (non-hydrogen) atoms. The molecule has 2 saturated heterocycles. The Morgan fingerprint density at radius 2 is 2.17 bits per heavy atom. The van der Waals surface area contributed by atoms with E-state index in [1.165, 1.54) is 28.7 Å².